The fourth-order valence-corrected chi connectivity index (χ4v) is 5.21. The Morgan fingerprint density at radius 2 is 2.00 bits per heavy atom. The number of carbonyl (C=O) groups is 2. The lowest BCUT2D eigenvalue weighted by atomic mass is 9.77. The fourth-order valence-electron chi connectivity index (χ4n) is 4.93. The number of aryl methyl sites for hydroxylation is 1. The summed E-state index contributed by atoms with van der Waals surface area (Å²) in [7, 11) is 0. The molecule has 0 saturated heterocycles. The Hall–Kier alpha value is -2.01. The maximum atomic E-state index is 13.2. The zero-order valence-electron chi connectivity index (χ0n) is 20.2. The van der Waals surface area contributed by atoms with Crippen LogP contribution < -0.4 is 5.32 Å². The summed E-state index contributed by atoms with van der Waals surface area (Å²) in [6.07, 6.45) is 5.73. The first-order valence-electron chi connectivity index (χ1n) is 11.7. The van der Waals surface area contributed by atoms with Crippen molar-refractivity contribution in [1.82, 2.24) is 10.2 Å². The van der Waals surface area contributed by atoms with Gasteiger partial charge < -0.3 is 10.4 Å². The minimum atomic E-state index is -0.774. The maximum absolute atomic E-state index is 13.2. The molecule has 2 N–H and O–H groups in total. The molecule has 32 heavy (non-hydrogen) atoms. The van der Waals surface area contributed by atoms with Crippen molar-refractivity contribution in [3.8, 4) is 0 Å². The van der Waals surface area contributed by atoms with Crippen LogP contribution in [-0.2, 0) is 16.8 Å². The highest BCUT2D eigenvalue weighted by Crippen LogP contribution is 2.41. The predicted molar refractivity (Wildman–Crippen MR) is 129 cm³/mol. The van der Waals surface area contributed by atoms with Gasteiger partial charge in [0.15, 0.2) is 0 Å². The minimum Gasteiger partial charge on any atom is -0.481 e. The summed E-state index contributed by atoms with van der Waals surface area (Å²) in [5.74, 6) is -0.959. The molecule has 0 bridgehead atoms. The second-order valence-electron chi connectivity index (χ2n) is 11.1. The summed E-state index contributed by atoms with van der Waals surface area (Å²) in [4.78, 5) is 26.3. The number of carboxylic acid groups (broad SMARTS) is 1. The van der Waals surface area contributed by atoms with Gasteiger partial charge in [0.2, 0.25) is 0 Å². The Kier molecular flexibility index (Phi) is 6.99. The number of hydrogen-bond donors (Lipinski definition) is 2. The average molecular weight is 461 g/mol. The standard InChI is InChI=1S/C26H37ClN2O3/c1-16(2)21-15-29(20-10-8-18(13-20)23(30)31)24(32)28-26(21,6)19-9-7-17(22(27)14-19)11-12-25(3,4)5/h7,9,14-16,18,20H,8,10-13H2,1-6H3,(H,28,32)(H,30,31)/t18?,20?,26-/m0/s1. The summed E-state index contributed by atoms with van der Waals surface area (Å²) in [6, 6.07) is 5.88. The van der Waals surface area contributed by atoms with Gasteiger partial charge in [-0.3, -0.25) is 9.69 Å². The molecule has 2 unspecified atom stereocenters. The third-order valence-corrected chi connectivity index (χ3v) is 7.34. The lowest BCUT2D eigenvalue weighted by Gasteiger charge is -2.44. The smallest absolute Gasteiger partial charge is 0.322 e. The van der Waals surface area contributed by atoms with E-state index in [1.54, 1.807) is 4.90 Å². The van der Waals surface area contributed by atoms with E-state index < -0.39 is 11.5 Å². The van der Waals surface area contributed by atoms with E-state index in [1.807, 2.05) is 19.2 Å². The number of carboxylic acids is 1. The molecule has 3 rings (SSSR count). The van der Waals surface area contributed by atoms with Gasteiger partial charge in [-0.2, -0.15) is 0 Å². The van der Waals surface area contributed by atoms with Crippen molar-refractivity contribution in [2.45, 2.75) is 85.2 Å². The predicted octanol–water partition coefficient (Wildman–Crippen LogP) is 6.35. The van der Waals surface area contributed by atoms with Crippen LogP contribution in [0.4, 0.5) is 4.79 Å². The highest BCUT2D eigenvalue weighted by molar-refractivity contribution is 6.31. The molecule has 1 aromatic carbocycles. The van der Waals surface area contributed by atoms with Crippen molar-refractivity contribution in [3.63, 3.8) is 0 Å². The van der Waals surface area contributed by atoms with E-state index in [4.69, 9.17) is 11.6 Å². The van der Waals surface area contributed by atoms with Crippen molar-refractivity contribution >= 4 is 23.6 Å². The quantitative estimate of drug-likeness (QED) is 0.519. The van der Waals surface area contributed by atoms with Gasteiger partial charge in [-0.1, -0.05) is 58.4 Å². The molecule has 1 saturated carbocycles. The molecular weight excluding hydrogens is 424 g/mol. The van der Waals surface area contributed by atoms with E-state index in [0.717, 1.165) is 34.6 Å². The van der Waals surface area contributed by atoms with E-state index in [-0.39, 0.29) is 29.3 Å². The van der Waals surface area contributed by atoms with E-state index in [0.29, 0.717) is 19.3 Å². The number of aliphatic carboxylic acids is 1. The summed E-state index contributed by atoms with van der Waals surface area (Å²) in [6.45, 7) is 12.9. The van der Waals surface area contributed by atoms with E-state index in [2.05, 4.69) is 52.1 Å². The molecule has 0 aromatic heterocycles. The monoisotopic (exact) mass is 460 g/mol. The van der Waals surface area contributed by atoms with Gasteiger partial charge in [0.1, 0.15) is 0 Å². The zero-order chi connectivity index (χ0) is 23.8. The molecule has 5 nitrogen and oxygen atoms in total. The van der Waals surface area contributed by atoms with Crippen LogP contribution in [0.3, 0.4) is 0 Å². The van der Waals surface area contributed by atoms with Gasteiger partial charge in [-0.25, -0.2) is 4.79 Å². The van der Waals surface area contributed by atoms with Crippen molar-refractivity contribution in [1.29, 1.82) is 0 Å². The largest absolute Gasteiger partial charge is 0.481 e. The number of carbonyl (C=O) groups excluding carboxylic acids is 1. The molecule has 1 fully saturated rings. The number of benzene rings is 1. The second-order valence-corrected chi connectivity index (χ2v) is 11.5. The molecule has 176 valence electrons. The molecule has 2 amide bonds. The molecule has 1 aliphatic carbocycles. The van der Waals surface area contributed by atoms with Crippen LogP contribution in [0.2, 0.25) is 5.02 Å². The van der Waals surface area contributed by atoms with Crippen molar-refractivity contribution in [2.75, 3.05) is 0 Å². The number of halogens is 1. The molecule has 1 aromatic rings. The third kappa shape index (κ3) is 5.14. The third-order valence-electron chi connectivity index (χ3n) is 6.99. The average Bonchev–Trinajstić information content (AvgIpc) is 3.16. The number of nitrogens with one attached hydrogen (secondary N) is 1. The van der Waals surface area contributed by atoms with Gasteiger partial charge in [-0.05, 0) is 73.1 Å². The molecule has 2 aliphatic rings. The van der Waals surface area contributed by atoms with Crippen LogP contribution in [-0.4, -0.2) is 28.0 Å². The lowest BCUT2D eigenvalue weighted by Crippen LogP contribution is -2.56. The van der Waals surface area contributed by atoms with Crippen molar-refractivity contribution in [3.05, 3.63) is 46.1 Å². The van der Waals surface area contributed by atoms with Gasteiger partial charge in [0.05, 0.1) is 11.5 Å². The summed E-state index contributed by atoms with van der Waals surface area (Å²) >= 11 is 6.68. The summed E-state index contributed by atoms with van der Waals surface area (Å²) in [5, 5.41) is 13.3. The first-order valence-corrected chi connectivity index (χ1v) is 12.0. The first kappa shape index (κ1) is 24.6. The number of rotatable bonds is 6. The van der Waals surface area contributed by atoms with Crippen LogP contribution in [0.5, 0.6) is 0 Å². The van der Waals surface area contributed by atoms with Gasteiger partial charge in [0, 0.05) is 17.3 Å². The first-order chi connectivity index (χ1) is 14.8. The Morgan fingerprint density at radius 3 is 2.53 bits per heavy atom. The fraction of sp³-hybridized carbons (Fsp3) is 0.615. The topological polar surface area (TPSA) is 69.6 Å². The van der Waals surface area contributed by atoms with Crippen LogP contribution in [0, 0.1) is 17.3 Å². The van der Waals surface area contributed by atoms with Crippen LogP contribution in [0.1, 0.15) is 78.4 Å². The number of hydrogen-bond acceptors (Lipinski definition) is 2. The van der Waals surface area contributed by atoms with E-state index >= 15 is 0 Å². The van der Waals surface area contributed by atoms with Gasteiger partial charge in [0.25, 0.3) is 0 Å². The van der Waals surface area contributed by atoms with Gasteiger partial charge in [-0.15, -0.1) is 0 Å². The molecule has 3 atom stereocenters. The lowest BCUT2D eigenvalue weighted by molar-refractivity contribution is -0.141. The molecule has 1 heterocycles. The number of urea groups is 1. The van der Waals surface area contributed by atoms with Crippen LogP contribution >= 0.6 is 11.6 Å². The minimum absolute atomic E-state index is 0.0854. The highest BCUT2D eigenvalue weighted by Gasteiger charge is 2.43. The highest BCUT2D eigenvalue weighted by atomic mass is 35.5. The Labute approximate surface area is 197 Å². The Morgan fingerprint density at radius 1 is 1.31 bits per heavy atom. The normalized spacial score (nSPS) is 26.3. The Balaban J connectivity index is 1.90. The SMILES string of the molecule is CC(C)C1=CN(C2CCC(C(=O)O)C2)C(=O)N[C@@]1(C)c1ccc(CCC(C)(C)C)c(Cl)c1. The molecule has 6 heteroatoms. The van der Waals surface area contributed by atoms with E-state index in [1.165, 1.54) is 0 Å². The maximum Gasteiger partial charge on any atom is 0.322 e. The molecule has 0 radical (unpaired) electrons. The number of nitrogens with zero attached hydrogens (tertiary/aromatic N) is 1. The van der Waals surface area contributed by atoms with E-state index in [9.17, 15) is 14.7 Å². The van der Waals surface area contributed by atoms with Crippen LogP contribution in [0.25, 0.3) is 0 Å². The number of amides is 2. The molecular formula is C26H37ClN2O3. The van der Waals surface area contributed by atoms with Crippen molar-refractivity contribution in [2.24, 2.45) is 17.3 Å². The molecule has 0 spiro atoms. The van der Waals surface area contributed by atoms with Crippen molar-refractivity contribution < 1.29 is 14.7 Å². The van der Waals surface area contributed by atoms with Crippen LogP contribution in [0.15, 0.2) is 30.0 Å². The Bertz CT molecular complexity index is 918. The summed E-state index contributed by atoms with van der Waals surface area (Å²) < 4.78 is 0. The molecule has 1 aliphatic heterocycles. The zero-order valence-corrected chi connectivity index (χ0v) is 20.9. The second kappa shape index (κ2) is 9.09. The van der Waals surface area contributed by atoms with Gasteiger partial charge >= 0.3 is 12.0 Å². The summed E-state index contributed by atoms with van der Waals surface area (Å²) in [5.41, 5.74) is 2.75.